The number of methoxy groups -OCH3 is 1. The number of nitrogens with one attached hydrogen (secondary N) is 2. The molecule has 2 aromatic rings. The summed E-state index contributed by atoms with van der Waals surface area (Å²) in [7, 11) is 1.58. The molecule has 1 amide bonds. The second kappa shape index (κ2) is 8.38. The fourth-order valence-electron chi connectivity index (χ4n) is 1.82. The number of halogens is 1. The molecular weight excluding hydrogens is 362 g/mol. The predicted molar refractivity (Wildman–Crippen MR) is 92.3 cm³/mol. The minimum atomic E-state index is -0.318. The van der Waals surface area contributed by atoms with Crippen LogP contribution >= 0.6 is 15.9 Å². The summed E-state index contributed by atoms with van der Waals surface area (Å²) in [6.45, 7) is 2.67. The number of hydrogen-bond donors (Lipinski definition) is 2. The third-order valence-corrected chi connectivity index (χ3v) is 3.38. The highest BCUT2D eigenvalue weighted by molar-refractivity contribution is 9.10. The standard InChI is InChI=1S/C16H18BrN3O3/c1-3-6-23-14-5-4-11(7-15(14)22-2)9-19-20-16(21)13-8-12(17)10-18-13/h4-5,7-10,18H,3,6H2,1-2H3,(H,20,21)/b19-9-. The summed E-state index contributed by atoms with van der Waals surface area (Å²) in [5.41, 5.74) is 3.67. The zero-order valence-corrected chi connectivity index (χ0v) is 14.5. The number of benzene rings is 1. The molecule has 0 unspecified atom stereocenters. The second-order valence-electron chi connectivity index (χ2n) is 4.69. The van der Waals surface area contributed by atoms with Crippen LogP contribution in [0.3, 0.4) is 0 Å². The summed E-state index contributed by atoms with van der Waals surface area (Å²) in [6, 6.07) is 7.13. The highest BCUT2D eigenvalue weighted by Crippen LogP contribution is 2.27. The maximum Gasteiger partial charge on any atom is 0.287 e. The van der Waals surface area contributed by atoms with Gasteiger partial charge in [-0.2, -0.15) is 5.10 Å². The maximum absolute atomic E-state index is 11.8. The van der Waals surface area contributed by atoms with Crippen LogP contribution in [0, 0.1) is 0 Å². The molecule has 1 aromatic heterocycles. The van der Waals surface area contributed by atoms with Crippen LogP contribution in [-0.4, -0.2) is 30.8 Å². The molecule has 0 bridgehead atoms. The lowest BCUT2D eigenvalue weighted by atomic mass is 10.2. The Hall–Kier alpha value is -2.28. The van der Waals surface area contributed by atoms with Crippen LogP contribution in [0.2, 0.25) is 0 Å². The molecule has 0 aliphatic heterocycles. The van der Waals surface area contributed by atoms with Gasteiger partial charge in [0, 0.05) is 10.7 Å². The fourth-order valence-corrected chi connectivity index (χ4v) is 2.16. The number of nitrogens with zero attached hydrogens (tertiary/aromatic N) is 1. The van der Waals surface area contributed by atoms with Gasteiger partial charge in [-0.1, -0.05) is 6.92 Å². The van der Waals surface area contributed by atoms with Gasteiger partial charge in [0.05, 0.1) is 19.9 Å². The van der Waals surface area contributed by atoms with Crippen molar-refractivity contribution in [2.75, 3.05) is 13.7 Å². The van der Waals surface area contributed by atoms with Crippen LogP contribution in [0.25, 0.3) is 0 Å². The lowest BCUT2D eigenvalue weighted by molar-refractivity contribution is 0.0951. The van der Waals surface area contributed by atoms with Gasteiger partial charge < -0.3 is 14.5 Å². The van der Waals surface area contributed by atoms with Crippen LogP contribution in [-0.2, 0) is 0 Å². The van der Waals surface area contributed by atoms with E-state index in [1.807, 2.05) is 19.1 Å². The van der Waals surface area contributed by atoms with E-state index in [1.165, 1.54) is 0 Å². The van der Waals surface area contributed by atoms with E-state index in [-0.39, 0.29) is 5.91 Å². The first-order valence-electron chi connectivity index (χ1n) is 7.12. The lowest BCUT2D eigenvalue weighted by Crippen LogP contribution is -2.17. The number of hydrazone groups is 1. The van der Waals surface area contributed by atoms with E-state index in [9.17, 15) is 4.79 Å². The van der Waals surface area contributed by atoms with E-state index >= 15 is 0 Å². The van der Waals surface area contributed by atoms with Gasteiger partial charge in [-0.25, -0.2) is 5.43 Å². The van der Waals surface area contributed by atoms with E-state index in [2.05, 4.69) is 31.4 Å². The van der Waals surface area contributed by atoms with Crippen LogP contribution in [0.5, 0.6) is 11.5 Å². The van der Waals surface area contributed by atoms with Crippen molar-refractivity contribution in [3.05, 3.63) is 46.2 Å². The summed E-state index contributed by atoms with van der Waals surface area (Å²) in [6.07, 6.45) is 4.15. The number of aromatic nitrogens is 1. The van der Waals surface area contributed by atoms with Crippen LogP contribution in [0.4, 0.5) is 0 Å². The largest absolute Gasteiger partial charge is 0.493 e. The highest BCUT2D eigenvalue weighted by atomic mass is 79.9. The molecule has 0 saturated carbocycles. The van der Waals surface area contributed by atoms with Crippen LogP contribution in [0.1, 0.15) is 29.4 Å². The molecule has 0 aliphatic carbocycles. The van der Waals surface area contributed by atoms with E-state index in [0.29, 0.717) is 23.8 Å². The monoisotopic (exact) mass is 379 g/mol. The van der Waals surface area contributed by atoms with E-state index in [1.54, 1.807) is 31.7 Å². The first kappa shape index (κ1) is 17.1. The summed E-state index contributed by atoms with van der Waals surface area (Å²) in [5.74, 6) is 0.996. The fraction of sp³-hybridized carbons (Fsp3) is 0.250. The number of hydrogen-bond acceptors (Lipinski definition) is 4. The number of H-pyrrole nitrogens is 1. The maximum atomic E-state index is 11.8. The van der Waals surface area contributed by atoms with Crippen LogP contribution in [0.15, 0.2) is 40.0 Å². The molecule has 0 radical (unpaired) electrons. The normalized spacial score (nSPS) is 10.7. The van der Waals surface area contributed by atoms with E-state index in [0.717, 1.165) is 16.5 Å². The highest BCUT2D eigenvalue weighted by Gasteiger charge is 2.07. The van der Waals surface area contributed by atoms with Crippen molar-refractivity contribution in [1.29, 1.82) is 0 Å². The molecule has 6 nitrogen and oxygen atoms in total. The Kier molecular flexibility index (Phi) is 6.22. The van der Waals surface area contributed by atoms with Crippen molar-refractivity contribution >= 4 is 28.1 Å². The number of amides is 1. The summed E-state index contributed by atoms with van der Waals surface area (Å²) in [5, 5.41) is 3.94. The zero-order valence-electron chi connectivity index (χ0n) is 12.9. The number of aromatic amines is 1. The zero-order chi connectivity index (χ0) is 16.7. The van der Waals surface area contributed by atoms with Crippen molar-refractivity contribution in [3.63, 3.8) is 0 Å². The summed E-state index contributed by atoms with van der Waals surface area (Å²) in [4.78, 5) is 14.7. The quantitative estimate of drug-likeness (QED) is 0.572. The number of ether oxygens (including phenoxy) is 2. The predicted octanol–water partition coefficient (Wildman–Crippen LogP) is 3.34. The van der Waals surface area contributed by atoms with Gasteiger partial charge in [0.1, 0.15) is 5.69 Å². The Balaban J connectivity index is 2.00. The van der Waals surface area contributed by atoms with Gasteiger partial charge in [-0.15, -0.1) is 0 Å². The molecule has 0 fully saturated rings. The summed E-state index contributed by atoms with van der Waals surface area (Å²) >= 11 is 3.27. The molecule has 2 N–H and O–H groups in total. The van der Waals surface area contributed by atoms with Gasteiger partial charge in [-0.3, -0.25) is 4.79 Å². The topological polar surface area (TPSA) is 75.7 Å². The second-order valence-corrected chi connectivity index (χ2v) is 5.61. The van der Waals surface area contributed by atoms with Crippen molar-refractivity contribution < 1.29 is 14.3 Å². The van der Waals surface area contributed by atoms with Gasteiger partial charge >= 0.3 is 0 Å². The van der Waals surface area contributed by atoms with Gasteiger partial charge in [0.15, 0.2) is 11.5 Å². The number of carbonyl (C=O) groups excluding carboxylic acids is 1. The van der Waals surface area contributed by atoms with Crippen molar-refractivity contribution in [2.45, 2.75) is 13.3 Å². The van der Waals surface area contributed by atoms with Crippen LogP contribution < -0.4 is 14.9 Å². The van der Waals surface area contributed by atoms with Gasteiger partial charge in [0.2, 0.25) is 0 Å². The molecule has 1 heterocycles. The van der Waals surface area contributed by atoms with E-state index in [4.69, 9.17) is 9.47 Å². The summed E-state index contributed by atoms with van der Waals surface area (Å²) < 4.78 is 11.7. The molecule has 23 heavy (non-hydrogen) atoms. The molecule has 0 atom stereocenters. The molecule has 2 rings (SSSR count). The third kappa shape index (κ3) is 4.85. The van der Waals surface area contributed by atoms with Gasteiger partial charge in [-0.05, 0) is 52.2 Å². The molecule has 7 heteroatoms. The number of carbonyl (C=O) groups is 1. The van der Waals surface area contributed by atoms with Crippen molar-refractivity contribution in [3.8, 4) is 11.5 Å². The minimum Gasteiger partial charge on any atom is -0.493 e. The first-order valence-corrected chi connectivity index (χ1v) is 7.91. The smallest absolute Gasteiger partial charge is 0.287 e. The SMILES string of the molecule is CCCOc1ccc(/C=N\NC(=O)c2cc(Br)c[nH]2)cc1OC. The first-order chi connectivity index (χ1) is 11.1. The Morgan fingerprint density at radius 3 is 2.87 bits per heavy atom. The van der Waals surface area contributed by atoms with Crippen molar-refractivity contribution in [1.82, 2.24) is 10.4 Å². The molecule has 0 spiro atoms. The Morgan fingerprint density at radius 1 is 1.39 bits per heavy atom. The van der Waals surface area contributed by atoms with Crippen molar-refractivity contribution in [2.24, 2.45) is 5.10 Å². The molecule has 122 valence electrons. The molecule has 1 aromatic carbocycles. The Bertz CT molecular complexity index is 698. The third-order valence-electron chi connectivity index (χ3n) is 2.92. The Labute approximate surface area is 143 Å². The Morgan fingerprint density at radius 2 is 2.22 bits per heavy atom. The average Bonchev–Trinajstić information content (AvgIpc) is 3.00. The number of rotatable bonds is 7. The molecular formula is C16H18BrN3O3. The lowest BCUT2D eigenvalue weighted by Gasteiger charge is -2.10. The molecule has 0 aliphatic rings. The molecule has 0 saturated heterocycles. The van der Waals surface area contributed by atoms with Gasteiger partial charge in [0.25, 0.3) is 5.91 Å². The minimum absolute atomic E-state index is 0.318. The van der Waals surface area contributed by atoms with E-state index < -0.39 is 0 Å². The average molecular weight is 380 g/mol.